The van der Waals surface area contributed by atoms with Gasteiger partial charge in [0.15, 0.2) is 0 Å². The minimum Gasteiger partial charge on any atom is -0.399 e. The number of thiazole rings is 1. The number of aromatic nitrogens is 1. The van der Waals surface area contributed by atoms with Gasteiger partial charge in [0.25, 0.3) is 0 Å². The van der Waals surface area contributed by atoms with Gasteiger partial charge in [-0.1, -0.05) is 12.1 Å². The van der Waals surface area contributed by atoms with Gasteiger partial charge in [0, 0.05) is 23.1 Å². The average molecular weight is 219 g/mol. The Balaban J connectivity index is 2.25. The summed E-state index contributed by atoms with van der Waals surface area (Å²) in [5.74, 6) is 0. The Hall–Kier alpha value is -1.39. The second-order valence-corrected chi connectivity index (χ2v) is 4.23. The fourth-order valence-electron chi connectivity index (χ4n) is 1.34. The summed E-state index contributed by atoms with van der Waals surface area (Å²) in [4.78, 5) is 4.50. The molecule has 0 spiro atoms. The predicted octanol–water partition coefficient (Wildman–Crippen LogP) is 1.89. The van der Waals surface area contributed by atoms with E-state index in [0.29, 0.717) is 6.54 Å². The molecule has 2 rings (SSSR count). The maximum absolute atomic E-state index is 5.62. The smallest absolute Gasteiger partial charge is 0.0945 e. The summed E-state index contributed by atoms with van der Waals surface area (Å²) in [5, 5.41) is 3.14. The topological polar surface area (TPSA) is 64.9 Å². The van der Waals surface area contributed by atoms with E-state index in [0.717, 1.165) is 28.4 Å². The van der Waals surface area contributed by atoms with Gasteiger partial charge in [-0.3, -0.25) is 0 Å². The first kappa shape index (κ1) is 10.1. The van der Waals surface area contributed by atoms with Crippen molar-refractivity contribution < 1.29 is 0 Å². The maximum atomic E-state index is 5.62. The molecule has 2 aromatic rings. The average Bonchev–Trinajstić information content (AvgIpc) is 2.68. The zero-order valence-corrected chi connectivity index (χ0v) is 9.13. The third-order valence-corrected chi connectivity index (χ3v) is 3.02. The molecule has 3 nitrogen and oxygen atoms in total. The standard InChI is InChI=1S/C11H13N3S/c12-6-5-11-14-10(7-15-11)8-1-3-9(13)4-2-8/h1-4,7H,5-6,12-13H2. The van der Waals surface area contributed by atoms with Crippen molar-refractivity contribution in [3.63, 3.8) is 0 Å². The third kappa shape index (κ3) is 2.34. The van der Waals surface area contributed by atoms with Crippen LogP contribution in [0.1, 0.15) is 5.01 Å². The molecule has 0 saturated heterocycles. The summed E-state index contributed by atoms with van der Waals surface area (Å²) in [7, 11) is 0. The van der Waals surface area contributed by atoms with E-state index in [1.807, 2.05) is 24.3 Å². The lowest BCUT2D eigenvalue weighted by molar-refractivity contribution is 0.954. The van der Waals surface area contributed by atoms with E-state index < -0.39 is 0 Å². The van der Waals surface area contributed by atoms with Gasteiger partial charge in [-0.15, -0.1) is 11.3 Å². The lowest BCUT2D eigenvalue weighted by Gasteiger charge is -1.97. The van der Waals surface area contributed by atoms with Crippen molar-refractivity contribution in [3.8, 4) is 11.3 Å². The molecule has 0 atom stereocenters. The Morgan fingerprint density at radius 3 is 2.60 bits per heavy atom. The molecule has 1 heterocycles. The highest BCUT2D eigenvalue weighted by Gasteiger charge is 2.03. The Morgan fingerprint density at radius 1 is 1.20 bits per heavy atom. The predicted molar refractivity (Wildman–Crippen MR) is 64.7 cm³/mol. The van der Waals surface area contributed by atoms with E-state index in [9.17, 15) is 0 Å². The van der Waals surface area contributed by atoms with Crippen LogP contribution in [0.3, 0.4) is 0 Å². The molecule has 0 radical (unpaired) electrons. The van der Waals surface area contributed by atoms with E-state index in [2.05, 4.69) is 10.4 Å². The Labute approximate surface area is 92.8 Å². The van der Waals surface area contributed by atoms with Crippen LogP contribution in [-0.4, -0.2) is 11.5 Å². The number of nitrogens with two attached hydrogens (primary N) is 2. The van der Waals surface area contributed by atoms with Crippen molar-refractivity contribution in [2.45, 2.75) is 6.42 Å². The first-order chi connectivity index (χ1) is 7.29. The number of anilines is 1. The SMILES string of the molecule is NCCc1nc(-c2ccc(N)cc2)cs1. The summed E-state index contributed by atoms with van der Waals surface area (Å²) in [6.07, 6.45) is 0.847. The number of hydrogen-bond acceptors (Lipinski definition) is 4. The highest BCUT2D eigenvalue weighted by molar-refractivity contribution is 7.09. The quantitative estimate of drug-likeness (QED) is 0.775. The zero-order chi connectivity index (χ0) is 10.7. The lowest BCUT2D eigenvalue weighted by Crippen LogP contribution is -2.01. The highest BCUT2D eigenvalue weighted by Crippen LogP contribution is 2.22. The molecule has 0 aliphatic carbocycles. The Kier molecular flexibility index (Phi) is 2.99. The number of benzene rings is 1. The van der Waals surface area contributed by atoms with Gasteiger partial charge in [0.1, 0.15) is 0 Å². The molecule has 0 unspecified atom stereocenters. The fourth-order valence-corrected chi connectivity index (χ4v) is 2.16. The number of hydrogen-bond donors (Lipinski definition) is 2. The molecule has 0 fully saturated rings. The van der Waals surface area contributed by atoms with Gasteiger partial charge < -0.3 is 11.5 Å². The van der Waals surface area contributed by atoms with Gasteiger partial charge in [0.05, 0.1) is 10.7 Å². The van der Waals surface area contributed by atoms with E-state index in [-0.39, 0.29) is 0 Å². The van der Waals surface area contributed by atoms with Crippen molar-refractivity contribution in [3.05, 3.63) is 34.7 Å². The monoisotopic (exact) mass is 219 g/mol. The molecule has 0 saturated carbocycles. The maximum Gasteiger partial charge on any atom is 0.0945 e. The molecule has 0 bridgehead atoms. The largest absolute Gasteiger partial charge is 0.399 e. The third-order valence-electron chi connectivity index (χ3n) is 2.12. The van der Waals surface area contributed by atoms with Gasteiger partial charge in [-0.2, -0.15) is 0 Å². The minimum atomic E-state index is 0.648. The molecule has 4 heteroatoms. The van der Waals surface area contributed by atoms with E-state index in [1.54, 1.807) is 11.3 Å². The molecule has 0 aliphatic rings. The lowest BCUT2D eigenvalue weighted by atomic mass is 10.1. The molecular formula is C11H13N3S. The van der Waals surface area contributed by atoms with Crippen LogP contribution in [-0.2, 0) is 6.42 Å². The van der Waals surface area contributed by atoms with Crippen LogP contribution < -0.4 is 11.5 Å². The molecule has 1 aromatic heterocycles. The van der Waals surface area contributed by atoms with E-state index in [4.69, 9.17) is 11.5 Å². The van der Waals surface area contributed by atoms with Crippen LogP contribution in [0.15, 0.2) is 29.6 Å². The minimum absolute atomic E-state index is 0.648. The molecule has 15 heavy (non-hydrogen) atoms. The first-order valence-electron chi connectivity index (χ1n) is 4.80. The van der Waals surface area contributed by atoms with E-state index in [1.165, 1.54) is 0 Å². The normalized spacial score (nSPS) is 10.5. The number of nitrogens with zero attached hydrogens (tertiary/aromatic N) is 1. The van der Waals surface area contributed by atoms with Crippen LogP contribution in [0.2, 0.25) is 0 Å². The van der Waals surface area contributed by atoms with Crippen molar-refractivity contribution in [1.82, 2.24) is 4.98 Å². The molecule has 0 aliphatic heterocycles. The van der Waals surface area contributed by atoms with Gasteiger partial charge in [-0.05, 0) is 18.7 Å². The fraction of sp³-hybridized carbons (Fsp3) is 0.182. The van der Waals surface area contributed by atoms with Crippen LogP contribution in [0, 0.1) is 0 Å². The van der Waals surface area contributed by atoms with Crippen molar-refractivity contribution in [2.24, 2.45) is 5.73 Å². The number of rotatable bonds is 3. The second-order valence-electron chi connectivity index (χ2n) is 3.29. The van der Waals surface area contributed by atoms with Gasteiger partial charge in [-0.25, -0.2) is 4.98 Å². The molecule has 4 N–H and O–H groups in total. The highest BCUT2D eigenvalue weighted by atomic mass is 32.1. The van der Waals surface area contributed by atoms with Crippen LogP contribution in [0.4, 0.5) is 5.69 Å². The Bertz CT molecular complexity index is 433. The van der Waals surface area contributed by atoms with Crippen molar-refractivity contribution in [1.29, 1.82) is 0 Å². The van der Waals surface area contributed by atoms with Crippen LogP contribution in [0.5, 0.6) is 0 Å². The molecule has 1 aromatic carbocycles. The second kappa shape index (κ2) is 4.42. The first-order valence-corrected chi connectivity index (χ1v) is 5.68. The van der Waals surface area contributed by atoms with Crippen LogP contribution >= 0.6 is 11.3 Å². The molecule has 0 amide bonds. The zero-order valence-electron chi connectivity index (χ0n) is 8.31. The van der Waals surface area contributed by atoms with Gasteiger partial charge in [0.2, 0.25) is 0 Å². The molecule has 78 valence electrons. The van der Waals surface area contributed by atoms with Gasteiger partial charge >= 0.3 is 0 Å². The summed E-state index contributed by atoms with van der Waals surface area (Å²) in [6.45, 7) is 0.648. The number of nitrogen functional groups attached to an aromatic ring is 1. The Morgan fingerprint density at radius 2 is 1.93 bits per heavy atom. The van der Waals surface area contributed by atoms with Crippen molar-refractivity contribution in [2.75, 3.05) is 12.3 Å². The molecular weight excluding hydrogens is 206 g/mol. The summed E-state index contributed by atoms with van der Waals surface area (Å²) in [6, 6.07) is 7.74. The van der Waals surface area contributed by atoms with E-state index >= 15 is 0 Å². The van der Waals surface area contributed by atoms with Crippen LogP contribution in [0.25, 0.3) is 11.3 Å². The van der Waals surface area contributed by atoms with Crippen molar-refractivity contribution >= 4 is 17.0 Å². The summed E-state index contributed by atoms with van der Waals surface area (Å²) >= 11 is 1.65. The summed E-state index contributed by atoms with van der Waals surface area (Å²) in [5.41, 5.74) is 14.0. The summed E-state index contributed by atoms with van der Waals surface area (Å²) < 4.78 is 0.